The van der Waals surface area contributed by atoms with Gasteiger partial charge in [-0.2, -0.15) is 0 Å². The molecule has 1 heterocycles. The van der Waals surface area contributed by atoms with Crippen molar-refractivity contribution in [2.45, 2.75) is 58.3 Å². The minimum atomic E-state index is -0.381. The van der Waals surface area contributed by atoms with Crippen LogP contribution in [0, 0.1) is 6.92 Å². The maximum absolute atomic E-state index is 11.9. The zero-order valence-corrected chi connectivity index (χ0v) is 18.9. The second-order valence-electron chi connectivity index (χ2n) is 9.61. The molecule has 2 aromatic carbocycles. The van der Waals surface area contributed by atoms with Gasteiger partial charge in [0.15, 0.2) is 0 Å². The maximum Gasteiger partial charge on any atom is 0.290 e. The van der Waals surface area contributed by atoms with Crippen molar-refractivity contribution in [1.29, 1.82) is 0 Å². The number of aryl methyl sites for hydroxylation is 1. The number of benzene rings is 2. The van der Waals surface area contributed by atoms with Gasteiger partial charge >= 0.3 is 0 Å². The number of amides is 2. The minimum absolute atomic E-state index is 0.0709. The van der Waals surface area contributed by atoms with Crippen molar-refractivity contribution < 1.29 is 14.7 Å². The average Bonchev–Trinajstić information content (AvgIpc) is 2.97. The van der Waals surface area contributed by atoms with Crippen molar-refractivity contribution >= 4 is 29.0 Å². The van der Waals surface area contributed by atoms with Gasteiger partial charge in [-0.15, -0.1) is 0 Å². The standard InChI is InChI=1S/C25H27NO3S/c1-14-10-18-19(25(4,5)9-8-24(18,2)3)13-16(14)17-11-15(6-7-20(17)27)12-21-22(28)26-23(29)30-21/h6-7,10-13,27H,8-9H2,1-5H3,(H,26,28,29). The summed E-state index contributed by atoms with van der Waals surface area (Å²) in [5.41, 5.74) is 6.53. The first-order valence-electron chi connectivity index (χ1n) is 10.2. The molecule has 0 saturated carbocycles. The molecule has 5 heteroatoms. The first-order valence-corrected chi connectivity index (χ1v) is 11.0. The second kappa shape index (κ2) is 7.02. The molecule has 30 heavy (non-hydrogen) atoms. The summed E-state index contributed by atoms with van der Waals surface area (Å²) < 4.78 is 0. The number of fused-ring (bicyclic) bond motifs is 1. The van der Waals surface area contributed by atoms with E-state index in [4.69, 9.17) is 0 Å². The maximum atomic E-state index is 11.9. The van der Waals surface area contributed by atoms with E-state index in [0.717, 1.165) is 46.9 Å². The lowest BCUT2D eigenvalue weighted by Gasteiger charge is -2.42. The Morgan fingerprint density at radius 1 is 0.967 bits per heavy atom. The number of carbonyl (C=O) groups excluding carboxylic acids is 2. The van der Waals surface area contributed by atoms with Gasteiger partial charge in [-0.05, 0) is 94.4 Å². The van der Waals surface area contributed by atoms with Gasteiger partial charge in [0.1, 0.15) is 5.75 Å². The van der Waals surface area contributed by atoms with Crippen molar-refractivity contribution in [3.05, 3.63) is 57.5 Å². The lowest BCUT2D eigenvalue weighted by atomic mass is 9.62. The predicted octanol–water partition coefficient (Wildman–Crippen LogP) is 6.04. The predicted molar refractivity (Wildman–Crippen MR) is 123 cm³/mol. The highest BCUT2D eigenvalue weighted by molar-refractivity contribution is 8.18. The molecule has 0 bridgehead atoms. The monoisotopic (exact) mass is 421 g/mol. The van der Waals surface area contributed by atoms with Crippen LogP contribution in [0.1, 0.15) is 62.8 Å². The molecule has 0 aromatic heterocycles. The molecule has 1 saturated heterocycles. The molecule has 2 aromatic rings. The van der Waals surface area contributed by atoms with E-state index in [1.165, 1.54) is 11.1 Å². The van der Waals surface area contributed by atoms with Crippen molar-refractivity contribution in [3.63, 3.8) is 0 Å². The molecule has 1 fully saturated rings. The fraction of sp³-hybridized carbons (Fsp3) is 0.360. The van der Waals surface area contributed by atoms with Crippen LogP contribution >= 0.6 is 11.8 Å². The Kier molecular flexibility index (Phi) is 4.85. The number of aromatic hydroxyl groups is 1. The summed E-state index contributed by atoms with van der Waals surface area (Å²) in [6.07, 6.45) is 3.96. The number of carbonyl (C=O) groups is 2. The number of rotatable bonds is 2. The quantitative estimate of drug-likeness (QED) is 0.580. The Morgan fingerprint density at radius 3 is 2.20 bits per heavy atom. The number of phenols is 1. The molecule has 1 aliphatic carbocycles. The summed E-state index contributed by atoms with van der Waals surface area (Å²) in [4.78, 5) is 23.7. The molecule has 2 aliphatic rings. The number of nitrogens with one attached hydrogen (secondary N) is 1. The largest absolute Gasteiger partial charge is 0.507 e. The van der Waals surface area contributed by atoms with Crippen LogP contribution in [0.15, 0.2) is 35.2 Å². The topological polar surface area (TPSA) is 66.4 Å². The zero-order valence-electron chi connectivity index (χ0n) is 18.1. The number of phenolic OH excluding ortho intramolecular Hbond substituents is 1. The van der Waals surface area contributed by atoms with Crippen LogP contribution < -0.4 is 5.32 Å². The smallest absolute Gasteiger partial charge is 0.290 e. The van der Waals surface area contributed by atoms with Gasteiger partial charge in [0.25, 0.3) is 11.1 Å². The van der Waals surface area contributed by atoms with Gasteiger partial charge in [-0.3, -0.25) is 14.9 Å². The van der Waals surface area contributed by atoms with E-state index < -0.39 is 0 Å². The molecule has 0 atom stereocenters. The van der Waals surface area contributed by atoms with Gasteiger partial charge in [0, 0.05) is 5.56 Å². The molecule has 0 radical (unpaired) electrons. The summed E-state index contributed by atoms with van der Waals surface area (Å²) in [7, 11) is 0. The molecule has 0 spiro atoms. The molecular weight excluding hydrogens is 394 g/mol. The molecule has 156 valence electrons. The minimum Gasteiger partial charge on any atom is -0.507 e. The first kappa shape index (κ1) is 20.7. The highest BCUT2D eigenvalue weighted by atomic mass is 32.2. The van der Waals surface area contributed by atoms with Crippen LogP contribution in [-0.2, 0) is 15.6 Å². The van der Waals surface area contributed by atoms with Crippen LogP contribution in [0.2, 0.25) is 0 Å². The van der Waals surface area contributed by atoms with Crippen molar-refractivity contribution in [2.75, 3.05) is 0 Å². The molecular formula is C25H27NO3S. The van der Waals surface area contributed by atoms with E-state index in [1.807, 2.05) is 6.07 Å². The lowest BCUT2D eigenvalue weighted by Crippen LogP contribution is -2.34. The third kappa shape index (κ3) is 3.56. The molecule has 1 aliphatic heterocycles. The third-order valence-corrected chi connectivity index (χ3v) is 7.26. The Bertz CT molecular complexity index is 1110. The fourth-order valence-corrected chi connectivity index (χ4v) is 5.13. The number of hydrogen-bond donors (Lipinski definition) is 2. The molecule has 4 rings (SSSR count). The Labute approximate surface area is 181 Å². The van der Waals surface area contributed by atoms with Gasteiger partial charge in [-0.25, -0.2) is 0 Å². The second-order valence-corrected chi connectivity index (χ2v) is 10.6. The van der Waals surface area contributed by atoms with Gasteiger partial charge in [0.05, 0.1) is 4.91 Å². The summed E-state index contributed by atoms with van der Waals surface area (Å²) in [5, 5.41) is 12.6. The Morgan fingerprint density at radius 2 is 1.60 bits per heavy atom. The van der Waals surface area contributed by atoms with E-state index in [0.29, 0.717) is 4.91 Å². The Balaban J connectivity index is 1.84. The van der Waals surface area contributed by atoms with Gasteiger partial charge in [0.2, 0.25) is 0 Å². The van der Waals surface area contributed by atoms with Crippen LogP contribution in [0.4, 0.5) is 4.79 Å². The van der Waals surface area contributed by atoms with Crippen molar-refractivity contribution in [3.8, 4) is 16.9 Å². The van der Waals surface area contributed by atoms with E-state index in [-0.39, 0.29) is 27.7 Å². The van der Waals surface area contributed by atoms with Crippen LogP contribution in [0.3, 0.4) is 0 Å². The first-order chi connectivity index (χ1) is 14.0. The SMILES string of the molecule is Cc1cc2c(cc1-c1cc(C=C3SC(=O)NC3=O)ccc1O)C(C)(C)CCC2(C)C. The van der Waals surface area contributed by atoms with E-state index in [9.17, 15) is 14.7 Å². The van der Waals surface area contributed by atoms with Crippen molar-refractivity contribution in [2.24, 2.45) is 0 Å². The molecule has 4 nitrogen and oxygen atoms in total. The average molecular weight is 422 g/mol. The van der Waals surface area contributed by atoms with Crippen LogP contribution in [0.25, 0.3) is 17.2 Å². The van der Waals surface area contributed by atoms with Gasteiger partial charge in [-0.1, -0.05) is 39.8 Å². The normalized spacial score (nSPS) is 20.9. The number of thioether (sulfide) groups is 1. The summed E-state index contributed by atoms with van der Waals surface area (Å²) >= 11 is 0.895. The Hall–Kier alpha value is -2.53. The summed E-state index contributed by atoms with van der Waals surface area (Å²) in [5.74, 6) is -0.179. The fourth-order valence-electron chi connectivity index (χ4n) is 4.44. The lowest BCUT2D eigenvalue weighted by molar-refractivity contribution is -0.115. The molecule has 2 N–H and O–H groups in total. The van der Waals surface area contributed by atoms with E-state index in [2.05, 4.69) is 52.1 Å². The molecule has 0 unspecified atom stereocenters. The highest BCUT2D eigenvalue weighted by Crippen LogP contribution is 2.48. The van der Waals surface area contributed by atoms with Gasteiger partial charge < -0.3 is 5.11 Å². The zero-order chi connectivity index (χ0) is 21.8. The van der Waals surface area contributed by atoms with Crippen LogP contribution in [-0.4, -0.2) is 16.3 Å². The van der Waals surface area contributed by atoms with E-state index in [1.54, 1.807) is 18.2 Å². The summed E-state index contributed by atoms with van der Waals surface area (Å²) in [6, 6.07) is 9.79. The van der Waals surface area contributed by atoms with E-state index >= 15 is 0 Å². The van der Waals surface area contributed by atoms with Crippen LogP contribution in [0.5, 0.6) is 5.75 Å². The summed E-state index contributed by atoms with van der Waals surface area (Å²) in [6.45, 7) is 11.3. The number of imide groups is 1. The highest BCUT2D eigenvalue weighted by Gasteiger charge is 2.37. The van der Waals surface area contributed by atoms with Crippen molar-refractivity contribution in [1.82, 2.24) is 5.32 Å². The molecule has 2 amide bonds. The number of hydrogen-bond acceptors (Lipinski definition) is 4. The third-order valence-electron chi connectivity index (χ3n) is 6.45.